The standard InChI is InChI=1S/C14H17N3O2/c1-19-9-5-6-10-12(7-9)17-14(8-15-10)16-11-3-2-4-13(11)18/h5-8,11,13,18H,2-4H2,1H3,(H,16,17)/t11-,13-/m1/s1. The third-order valence-corrected chi connectivity index (χ3v) is 3.56. The number of aliphatic hydroxyl groups excluding tert-OH is 1. The average molecular weight is 259 g/mol. The summed E-state index contributed by atoms with van der Waals surface area (Å²) < 4.78 is 5.18. The first-order valence-electron chi connectivity index (χ1n) is 6.51. The van der Waals surface area contributed by atoms with Gasteiger partial charge in [-0.05, 0) is 31.4 Å². The quantitative estimate of drug-likeness (QED) is 0.882. The van der Waals surface area contributed by atoms with Crippen molar-refractivity contribution in [1.82, 2.24) is 9.97 Å². The van der Waals surface area contributed by atoms with Crippen LogP contribution in [0.15, 0.2) is 24.4 Å². The van der Waals surface area contributed by atoms with E-state index >= 15 is 0 Å². The van der Waals surface area contributed by atoms with Crippen LogP contribution >= 0.6 is 0 Å². The molecule has 0 radical (unpaired) electrons. The van der Waals surface area contributed by atoms with E-state index in [1.54, 1.807) is 13.3 Å². The number of benzene rings is 1. The predicted octanol–water partition coefficient (Wildman–Crippen LogP) is 1.96. The zero-order chi connectivity index (χ0) is 13.2. The van der Waals surface area contributed by atoms with Crippen molar-refractivity contribution in [1.29, 1.82) is 0 Å². The van der Waals surface area contributed by atoms with E-state index in [1.165, 1.54) is 0 Å². The van der Waals surface area contributed by atoms with Gasteiger partial charge in [-0.15, -0.1) is 0 Å². The number of hydrogen-bond donors (Lipinski definition) is 2. The minimum absolute atomic E-state index is 0.0809. The molecule has 1 saturated carbocycles. The summed E-state index contributed by atoms with van der Waals surface area (Å²) in [5.74, 6) is 1.46. The Morgan fingerprint density at radius 2 is 2.21 bits per heavy atom. The molecule has 0 saturated heterocycles. The molecule has 2 aromatic rings. The smallest absolute Gasteiger partial charge is 0.145 e. The number of rotatable bonds is 3. The van der Waals surface area contributed by atoms with Gasteiger partial charge in [-0.2, -0.15) is 0 Å². The van der Waals surface area contributed by atoms with Crippen molar-refractivity contribution in [2.24, 2.45) is 0 Å². The predicted molar refractivity (Wildman–Crippen MR) is 73.4 cm³/mol. The van der Waals surface area contributed by atoms with Gasteiger partial charge in [-0.3, -0.25) is 4.98 Å². The molecule has 1 heterocycles. The monoisotopic (exact) mass is 259 g/mol. The van der Waals surface area contributed by atoms with Crippen molar-refractivity contribution in [3.63, 3.8) is 0 Å². The molecular formula is C14H17N3O2. The lowest BCUT2D eigenvalue weighted by Crippen LogP contribution is -2.28. The highest BCUT2D eigenvalue weighted by atomic mass is 16.5. The van der Waals surface area contributed by atoms with Crippen molar-refractivity contribution in [3.8, 4) is 5.75 Å². The Morgan fingerprint density at radius 1 is 1.32 bits per heavy atom. The lowest BCUT2D eigenvalue weighted by Gasteiger charge is -2.16. The number of aliphatic hydroxyl groups is 1. The van der Waals surface area contributed by atoms with E-state index in [0.29, 0.717) is 5.82 Å². The SMILES string of the molecule is COc1ccc2ncc(N[C@@H]3CCC[C@H]3O)nc2c1. The minimum Gasteiger partial charge on any atom is -0.497 e. The number of hydrogen-bond acceptors (Lipinski definition) is 5. The van der Waals surface area contributed by atoms with Crippen LogP contribution in [-0.2, 0) is 0 Å². The van der Waals surface area contributed by atoms with Crippen LogP contribution < -0.4 is 10.1 Å². The fourth-order valence-corrected chi connectivity index (χ4v) is 2.49. The summed E-state index contributed by atoms with van der Waals surface area (Å²) in [5, 5.41) is 13.1. The molecule has 2 atom stereocenters. The van der Waals surface area contributed by atoms with Gasteiger partial charge in [0.05, 0.1) is 36.5 Å². The molecule has 3 rings (SSSR count). The first kappa shape index (κ1) is 12.2. The minimum atomic E-state index is -0.289. The summed E-state index contributed by atoms with van der Waals surface area (Å²) in [6, 6.07) is 5.69. The van der Waals surface area contributed by atoms with Gasteiger partial charge in [0.15, 0.2) is 0 Å². The maximum Gasteiger partial charge on any atom is 0.145 e. The van der Waals surface area contributed by atoms with Gasteiger partial charge in [0.25, 0.3) is 0 Å². The van der Waals surface area contributed by atoms with Crippen molar-refractivity contribution in [2.45, 2.75) is 31.4 Å². The molecule has 1 aromatic carbocycles. The fraction of sp³-hybridized carbons (Fsp3) is 0.429. The molecule has 0 aliphatic heterocycles. The largest absolute Gasteiger partial charge is 0.497 e. The van der Waals surface area contributed by atoms with Crippen LogP contribution in [0.3, 0.4) is 0 Å². The molecule has 5 heteroatoms. The van der Waals surface area contributed by atoms with E-state index in [9.17, 15) is 5.11 Å². The highest BCUT2D eigenvalue weighted by Gasteiger charge is 2.25. The number of aromatic nitrogens is 2. The van der Waals surface area contributed by atoms with Gasteiger partial charge < -0.3 is 15.2 Å². The van der Waals surface area contributed by atoms with Crippen LogP contribution in [0.2, 0.25) is 0 Å². The topological polar surface area (TPSA) is 67.3 Å². The van der Waals surface area contributed by atoms with E-state index in [-0.39, 0.29) is 12.1 Å². The Bertz CT molecular complexity index is 588. The number of nitrogens with zero attached hydrogens (tertiary/aromatic N) is 2. The summed E-state index contributed by atoms with van der Waals surface area (Å²) in [6.45, 7) is 0. The van der Waals surface area contributed by atoms with Gasteiger partial charge in [0.1, 0.15) is 11.6 Å². The van der Waals surface area contributed by atoms with Gasteiger partial charge in [0, 0.05) is 6.07 Å². The van der Waals surface area contributed by atoms with E-state index in [2.05, 4.69) is 15.3 Å². The zero-order valence-electron chi connectivity index (χ0n) is 10.8. The Morgan fingerprint density at radius 3 is 2.95 bits per heavy atom. The molecule has 0 bridgehead atoms. The molecule has 0 spiro atoms. The van der Waals surface area contributed by atoms with E-state index in [4.69, 9.17) is 4.74 Å². The first-order chi connectivity index (χ1) is 9.26. The fourth-order valence-electron chi connectivity index (χ4n) is 2.49. The normalized spacial score (nSPS) is 22.6. The third-order valence-electron chi connectivity index (χ3n) is 3.56. The number of fused-ring (bicyclic) bond motifs is 1. The van der Waals surface area contributed by atoms with E-state index < -0.39 is 0 Å². The van der Waals surface area contributed by atoms with Crippen LogP contribution in [0.5, 0.6) is 5.75 Å². The molecule has 19 heavy (non-hydrogen) atoms. The Kier molecular flexibility index (Phi) is 3.21. The van der Waals surface area contributed by atoms with Gasteiger partial charge in [-0.1, -0.05) is 0 Å². The molecule has 2 N–H and O–H groups in total. The molecule has 1 aromatic heterocycles. The zero-order valence-corrected chi connectivity index (χ0v) is 10.8. The molecule has 5 nitrogen and oxygen atoms in total. The van der Waals surface area contributed by atoms with Crippen molar-refractivity contribution < 1.29 is 9.84 Å². The van der Waals surface area contributed by atoms with Crippen molar-refractivity contribution in [3.05, 3.63) is 24.4 Å². The van der Waals surface area contributed by atoms with Crippen LogP contribution in [-0.4, -0.2) is 34.3 Å². The Labute approximate surface area is 111 Å². The molecule has 1 aliphatic carbocycles. The van der Waals surface area contributed by atoms with Gasteiger partial charge in [-0.25, -0.2) is 4.98 Å². The lowest BCUT2D eigenvalue weighted by molar-refractivity contribution is 0.171. The summed E-state index contributed by atoms with van der Waals surface area (Å²) in [7, 11) is 1.63. The summed E-state index contributed by atoms with van der Waals surface area (Å²) in [6.07, 6.45) is 4.29. The Hall–Kier alpha value is -1.88. The molecule has 100 valence electrons. The van der Waals surface area contributed by atoms with Crippen LogP contribution in [0.4, 0.5) is 5.82 Å². The second kappa shape index (κ2) is 5.01. The third kappa shape index (κ3) is 2.46. The molecular weight excluding hydrogens is 242 g/mol. The number of anilines is 1. The highest BCUT2D eigenvalue weighted by molar-refractivity contribution is 5.77. The first-order valence-corrected chi connectivity index (χ1v) is 6.51. The number of methoxy groups -OCH3 is 1. The highest BCUT2D eigenvalue weighted by Crippen LogP contribution is 2.23. The number of ether oxygens (including phenoxy) is 1. The summed E-state index contributed by atoms with van der Waals surface area (Å²) in [4.78, 5) is 8.88. The van der Waals surface area contributed by atoms with Gasteiger partial charge in [0.2, 0.25) is 0 Å². The maximum atomic E-state index is 9.82. The van der Waals surface area contributed by atoms with Crippen LogP contribution in [0.25, 0.3) is 11.0 Å². The molecule has 0 unspecified atom stereocenters. The Balaban J connectivity index is 1.87. The number of nitrogens with one attached hydrogen (secondary N) is 1. The maximum absolute atomic E-state index is 9.82. The van der Waals surface area contributed by atoms with Crippen molar-refractivity contribution in [2.75, 3.05) is 12.4 Å². The molecule has 1 fully saturated rings. The van der Waals surface area contributed by atoms with E-state index in [1.807, 2.05) is 18.2 Å². The second-order valence-corrected chi connectivity index (χ2v) is 4.86. The lowest BCUT2D eigenvalue weighted by atomic mass is 10.2. The van der Waals surface area contributed by atoms with Crippen molar-refractivity contribution >= 4 is 16.9 Å². The van der Waals surface area contributed by atoms with Gasteiger partial charge >= 0.3 is 0 Å². The second-order valence-electron chi connectivity index (χ2n) is 4.86. The summed E-state index contributed by atoms with van der Waals surface area (Å²) >= 11 is 0. The summed E-state index contributed by atoms with van der Waals surface area (Å²) in [5.41, 5.74) is 1.62. The average Bonchev–Trinajstić information content (AvgIpc) is 2.83. The van der Waals surface area contributed by atoms with E-state index in [0.717, 1.165) is 36.0 Å². The van der Waals surface area contributed by atoms with Crippen LogP contribution in [0, 0.1) is 0 Å². The molecule has 0 amide bonds. The van der Waals surface area contributed by atoms with Crippen LogP contribution in [0.1, 0.15) is 19.3 Å². The molecule has 1 aliphatic rings.